The van der Waals surface area contributed by atoms with Crippen LogP contribution in [0.2, 0.25) is 0 Å². The van der Waals surface area contributed by atoms with Gasteiger partial charge in [0.05, 0.1) is 43.4 Å². The number of nitrogens with one attached hydrogen (secondary N) is 1. The highest BCUT2D eigenvalue weighted by atomic mass is 16.5. The van der Waals surface area contributed by atoms with Crippen molar-refractivity contribution in [1.82, 2.24) is 15.1 Å². The molecule has 156 valence electrons. The number of hydrogen-bond donors (Lipinski definition) is 1. The monoisotopic (exact) mass is 405 g/mol. The first-order chi connectivity index (χ1) is 14.4. The fraction of sp³-hybridized carbons (Fsp3) is 0.333. The van der Waals surface area contributed by atoms with Gasteiger partial charge in [-0.3, -0.25) is 4.79 Å². The van der Waals surface area contributed by atoms with Crippen LogP contribution in [0, 0.1) is 5.41 Å². The summed E-state index contributed by atoms with van der Waals surface area (Å²) in [6, 6.07) is 15.2. The van der Waals surface area contributed by atoms with E-state index >= 15 is 0 Å². The molecule has 0 saturated heterocycles. The number of methoxy groups -OCH3 is 2. The summed E-state index contributed by atoms with van der Waals surface area (Å²) in [4.78, 5) is 13.2. The highest BCUT2D eigenvalue weighted by Crippen LogP contribution is 2.41. The van der Waals surface area contributed by atoms with E-state index in [-0.39, 0.29) is 17.4 Å². The van der Waals surface area contributed by atoms with E-state index in [9.17, 15) is 4.79 Å². The Morgan fingerprint density at radius 1 is 1.13 bits per heavy atom. The second kappa shape index (κ2) is 7.86. The third kappa shape index (κ3) is 3.77. The van der Waals surface area contributed by atoms with Gasteiger partial charge >= 0.3 is 0 Å². The molecule has 6 nitrogen and oxygen atoms in total. The number of ether oxygens (including phenoxy) is 2. The first-order valence-corrected chi connectivity index (χ1v) is 10.1. The highest BCUT2D eigenvalue weighted by molar-refractivity contribution is 5.97. The van der Waals surface area contributed by atoms with Crippen molar-refractivity contribution in [3.8, 4) is 17.2 Å². The standard InChI is InChI=1S/C24H27N3O3/c1-24(2)13-20(26-23(28)18-12-17(29-3)10-11-22(18)30-4)19-15-25-27(21(19)14-24)16-8-6-5-7-9-16/h5-12,15,20H,13-14H2,1-4H3,(H,26,28)/t20-/m0/s1. The molecule has 1 aromatic heterocycles. The van der Waals surface area contributed by atoms with Gasteiger partial charge in [0.1, 0.15) is 11.5 Å². The van der Waals surface area contributed by atoms with E-state index in [4.69, 9.17) is 9.47 Å². The number of aromatic nitrogens is 2. The summed E-state index contributed by atoms with van der Waals surface area (Å²) >= 11 is 0. The van der Waals surface area contributed by atoms with E-state index < -0.39 is 0 Å². The molecule has 1 N–H and O–H groups in total. The number of rotatable bonds is 5. The lowest BCUT2D eigenvalue weighted by Crippen LogP contribution is -2.37. The Balaban J connectivity index is 1.68. The molecule has 1 heterocycles. The molecule has 1 aliphatic rings. The quantitative estimate of drug-likeness (QED) is 0.686. The summed E-state index contributed by atoms with van der Waals surface area (Å²) in [6.07, 6.45) is 3.61. The maximum atomic E-state index is 13.2. The predicted molar refractivity (Wildman–Crippen MR) is 115 cm³/mol. The summed E-state index contributed by atoms with van der Waals surface area (Å²) in [7, 11) is 3.14. The molecule has 4 rings (SSSR count). The number of hydrogen-bond acceptors (Lipinski definition) is 4. The topological polar surface area (TPSA) is 65.4 Å². The highest BCUT2D eigenvalue weighted by Gasteiger charge is 2.36. The zero-order valence-corrected chi connectivity index (χ0v) is 17.8. The van der Waals surface area contributed by atoms with Crippen molar-refractivity contribution in [2.75, 3.05) is 14.2 Å². The summed E-state index contributed by atoms with van der Waals surface area (Å²) in [5.41, 5.74) is 3.71. The molecule has 0 radical (unpaired) electrons. The average molecular weight is 405 g/mol. The van der Waals surface area contributed by atoms with Crippen LogP contribution in [0.1, 0.15) is 47.9 Å². The molecule has 6 heteroatoms. The summed E-state index contributed by atoms with van der Waals surface area (Å²) in [6.45, 7) is 4.45. The maximum absolute atomic E-state index is 13.2. The average Bonchev–Trinajstić information content (AvgIpc) is 3.16. The summed E-state index contributed by atoms with van der Waals surface area (Å²) < 4.78 is 12.7. The van der Waals surface area contributed by atoms with Crippen LogP contribution in [-0.4, -0.2) is 29.9 Å². The first-order valence-electron chi connectivity index (χ1n) is 10.1. The van der Waals surface area contributed by atoms with Gasteiger partial charge in [-0.15, -0.1) is 0 Å². The number of carbonyl (C=O) groups is 1. The van der Waals surface area contributed by atoms with Gasteiger partial charge < -0.3 is 14.8 Å². The number of para-hydroxylation sites is 1. The second-order valence-corrected chi connectivity index (χ2v) is 8.43. The number of nitrogens with zero attached hydrogens (tertiary/aromatic N) is 2. The van der Waals surface area contributed by atoms with Crippen LogP contribution < -0.4 is 14.8 Å². The lowest BCUT2D eigenvalue weighted by molar-refractivity contribution is 0.0916. The SMILES string of the molecule is COc1ccc(OC)c(C(=O)N[C@H]2CC(C)(C)Cc3c2cnn3-c2ccccc2)c1. The Labute approximate surface area is 176 Å². The lowest BCUT2D eigenvalue weighted by Gasteiger charge is -2.36. The molecule has 1 atom stereocenters. The smallest absolute Gasteiger partial charge is 0.255 e. The van der Waals surface area contributed by atoms with Gasteiger partial charge in [0.15, 0.2) is 0 Å². The molecule has 0 bridgehead atoms. The largest absolute Gasteiger partial charge is 0.497 e. The van der Waals surface area contributed by atoms with Gasteiger partial charge in [-0.1, -0.05) is 32.0 Å². The molecular weight excluding hydrogens is 378 g/mol. The van der Waals surface area contributed by atoms with Crippen molar-refractivity contribution in [3.63, 3.8) is 0 Å². The van der Waals surface area contributed by atoms with Crippen molar-refractivity contribution in [2.24, 2.45) is 5.41 Å². The van der Waals surface area contributed by atoms with Gasteiger partial charge in [0.25, 0.3) is 5.91 Å². The number of benzene rings is 2. The van der Waals surface area contributed by atoms with Crippen LogP contribution in [0.4, 0.5) is 0 Å². The third-order valence-corrected chi connectivity index (χ3v) is 5.64. The van der Waals surface area contributed by atoms with Gasteiger partial charge in [-0.2, -0.15) is 5.10 Å². The zero-order chi connectivity index (χ0) is 21.3. The predicted octanol–water partition coefficient (Wildman–Crippen LogP) is 4.33. The second-order valence-electron chi connectivity index (χ2n) is 8.43. The molecule has 1 amide bonds. The Kier molecular flexibility index (Phi) is 5.24. The first kappa shape index (κ1) is 20.0. The molecule has 2 aromatic carbocycles. The fourth-order valence-electron chi connectivity index (χ4n) is 4.19. The molecule has 0 fully saturated rings. The number of fused-ring (bicyclic) bond motifs is 1. The van der Waals surface area contributed by atoms with Crippen LogP contribution >= 0.6 is 0 Å². The minimum Gasteiger partial charge on any atom is -0.497 e. The van der Waals surface area contributed by atoms with Crippen LogP contribution in [0.3, 0.4) is 0 Å². The van der Waals surface area contributed by atoms with Crippen LogP contribution in [0.25, 0.3) is 5.69 Å². The third-order valence-electron chi connectivity index (χ3n) is 5.64. The number of amides is 1. The Bertz CT molecular complexity index is 1060. The Hall–Kier alpha value is -3.28. The van der Waals surface area contributed by atoms with Crippen molar-refractivity contribution >= 4 is 5.91 Å². The van der Waals surface area contributed by atoms with E-state index in [1.807, 2.05) is 41.2 Å². The molecule has 0 spiro atoms. The van der Waals surface area contributed by atoms with Gasteiger partial charge in [0.2, 0.25) is 0 Å². The van der Waals surface area contributed by atoms with E-state index in [0.717, 1.165) is 29.8 Å². The Morgan fingerprint density at radius 2 is 1.90 bits per heavy atom. The van der Waals surface area contributed by atoms with E-state index in [2.05, 4.69) is 24.3 Å². The summed E-state index contributed by atoms with van der Waals surface area (Å²) in [5.74, 6) is 0.943. The molecular formula is C24H27N3O3. The van der Waals surface area contributed by atoms with Crippen LogP contribution in [-0.2, 0) is 6.42 Å². The van der Waals surface area contributed by atoms with Crippen molar-refractivity contribution in [3.05, 3.63) is 71.5 Å². The molecule has 1 aliphatic carbocycles. The van der Waals surface area contributed by atoms with E-state index in [1.54, 1.807) is 32.4 Å². The van der Waals surface area contributed by atoms with Crippen LogP contribution in [0.5, 0.6) is 11.5 Å². The van der Waals surface area contributed by atoms with Crippen molar-refractivity contribution in [2.45, 2.75) is 32.7 Å². The fourth-order valence-corrected chi connectivity index (χ4v) is 4.19. The molecule has 3 aromatic rings. The maximum Gasteiger partial charge on any atom is 0.255 e. The minimum atomic E-state index is -0.188. The molecule has 0 unspecified atom stereocenters. The minimum absolute atomic E-state index is 0.0238. The van der Waals surface area contributed by atoms with Crippen molar-refractivity contribution < 1.29 is 14.3 Å². The molecule has 30 heavy (non-hydrogen) atoms. The van der Waals surface area contributed by atoms with E-state index in [0.29, 0.717) is 17.1 Å². The van der Waals surface area contributed by atoms with Crippen LogP contribution in [0.15, 0.2) is 54.7 Å². The Morgan fingerprint density at radius 3 is 2.60 bits per heavy atom. The normalized spacial score (nSPS) is 17.1. The van der Waals surface area contributed by atoms with Crippen molar-refractivity contribution in [1.29, 1.82) is 0 Å². The van der Waals surface area contributed by atoms with E-state index in [1.165, 1.54) is 0 Å². The lowest BCUT2D eigenvalue weighted by atomic mass is 9.74. The number of carbonyl (C=O) groups excluding carboxylic acids is 1. The molecule has 0 aliphatic heterocycles. The summed E-state index contributed by atoms with van der Waals surface area (Å²) in [5, 5.41) is 7.86. The van der Waals surface area contributed by atoms with Gasteiger partial charge in [0, 0.05) is 5.56 Å². The van der Waals surface area contributed by atoms with Gasteiger partial charge in [-0.05, 0) is 48.6 Å². The molecule has 0 saturated carbocycles. The van der Waals surface area contributed by atoms with Gasteiger partial charge in [-0.25, -0.2) is 4.68 Å². The zero-order valence-electron chi connectivity index (χ0n) is 17.8.